The van der Waals surface area contributed by atoms with Crippen molar-refractivity contribution in [3.05, 3.63) is 85.6 Å². The fraction of sp³-hybridized carbons (Fsp3) is 0.111. The maximum atomic E-state index is 12.0. The van der Waals surface area contributed by atoms with E-state index in [0.717, 1.165) is 11.1 Å². The molecule has 0 radical (unpaired) electrons. The van der Waals surface area contributed by atoms with Gasteiger partial charge in [-0.1, -0.05) is 54.1 Å². The van der Waals surface area contributed by atoms with Gasteiger partial charge in [0, 0.05) is 18.6 Å². The lowest BCUT2D eigenvalue weighted by Gasteiger charge is -2.23. The van der Waals surface area contributed by atoms with Crippen LogP contribution in [0.1, 0.15) is 5.56 Å². The first-order valence-electron chi connectivity index (χ1n) is 6.92. The van der Waals surface area contributed by atoms with Gasteiger partial charge in [0.15, 0.2) is 0 Å². The largest absolute Gasteiger partial charge is 0.366 e. The van der Waals surface area contributed by atoms with Crippen LogP contribution in [0.15, 0.2) is 64.2 Å². The molecule has 0 atom stereocenters. The zero-order chi connectivity index (χ0) is 15.7. The lowest BCUT2D eigenvalue weighted by Crippen LogP contribution is -2.40. The van der Waals surface area contributed by atoms with Gasteiger partial charge < -0.3 is 4.90 Å². The summed E-state index contributed by atoms with van der Waals surface area (Å²) in [6.07, 6.45) is 0. The normalized spacial score (nSPS) is 10.8. The van der Waals surface area contributed by atoms with Gasteiger partial charge in [0.25, 0.3) is 0 Å². The summed E-state index contributed by atoms with van der Waals surface area (Å²) in [5.41, 5.74) is 1.89. The maximum Gasteiger partial charge on any atom is 0.250 e. The molecular formula is C18H14ClNO2. The number of hydrogen-bond donors (Lipinski definition) is 0. The van der Waals surface area contributed by atoms with E-state index in [0.29, 0.717) is 22.8 Å². The number of nitrogens with zero attached hydrogens (tertiary/aromatic N) is 1. The zero-order valence-corrected chi connectivity index (χ0v) is 12.8. The Morgan fingerprint density at radius 2 is 1.55 bits per heavy atom. The summed E-state index contributed by atoms with van der Waals surface area (Å²) in [4.78, 5) is 25.7. The highest BCUT2D eigenvalue weighted by atomic mass is 35.5. The highest BCUT2D eigenvalue weighted by Crippen LogP contribution is 2.27. The monoisotopic (exact) mass is 311 g/mol. The lowest BCUT2D eigenvalue weighted by molar-refractivity contribution is 0.910. The van der Waals surface area contributed by atoms with E-state index in [1.165, 1.54) is 0 Å². The highest BCUT2D eigenvalue weighted by Gasteiger charge is 2.25. The Morgan fingerprint density at radius 3 is 2.18 bits per heavy atom. The van der Waals surface area contributed by atoms with Gasteiger partial charge in [-0.3, -0.25) is 9.59 Å². The van der Waals surface area contributed by atoms with Gasteiger partial charge in [0.1, 0.15) is 5.69 Å². The first-order valence-corrected chi connectivity index (χ1v) is 7.30. The molecule has 0 aliphatic heterocycles. The van der Waals surface area contributed by atoms with Crippen LogP contribution < -0.4 is 15.8 Å². The fourth-order valence-electron chi connectivity index (χ4n) is 2.56. The van der Waals surface area contributed by atoms with Crippen LogP contribution in [0, 0.1) is 0 Å². The van der Waals surface area contributed by atoms with E-state index in [1.807, 2.05) is 42.3 Å². The first kappa shape index (κ1) is 14.5. The summed E-state index contributed by atoms with van der Waals surface area (Å²) < 4.78 is 0. The van der Waals surface area contributed by atoms with Crippen molar-refractivity contribution in [2.24, 2.45) is 0 Å². The third-order valence-electron chi connectivity index (χ3n) is 3.66. The molecule has 0 heterocycles. The number of hydrogen-bond acceptors (Lipinski definition) is 3. The van der Waals surface area contributed by atoms with Crippen molar-refractivity contribution < 1.29 is 0 Å². The number of rotatable bonds is 4. The van der Waals surface area contributed by atoms with E-state index in [9.17, 15) is 9.59 Å². The van der Waals surface area contributed by atoms with Gasteiger partial charge in [-0.2, -0.15) is 0 Å². The van der Waals surface area contributed by atoms with Crippen LogP contribution in [-0.4, -0.2) is 7.05 Å². The minimum atomic E-state index is -0.433. The van der Waals surface area contributed by atoms with Gasteiger partial charge in [0.2, 0.25) is 10.9 Å². The number of benzene rings is 2. The second-order valence-corrected chi connectivity index (χ2v) is 5.67. The molecule has 0 N–H and O–H groups in total. The SMILES string of the molecule is CN(Cc1ccccc1)c1c(-c2ccc(Cl)cc2)c(=O)c1=O. The molecule has 22 heavy (non-hydrogen) atoms. The maximum absolute atomic E-state index is 12.0. The fourth-order valence-corrected chi connectivity index (χ4v) is 2.69. The summed E-state index contributed by atoms with van der Waals surface area (Å²) in [7, 11) is 1.82. The van der Waals surface area contributed by atoms with Crippen molar-refractivity contribution in [2.45, 2.75) is 6.54 Å². The van der Waals surface area contributed by atoms with Gasteiger partial charge in [0.05, 0.1) is 5.56 Å². The van der Waals surface area contributed by atoms with Crippen molar-refractivity contribution in [1.29, 1.82) is 0 Å². The quantitative estimate of drug-likeness (QED) is 0.694. The molecule has 4 heteroatoms. The lowest BCUT2D eigenvalue weighted by atomic mass is 9.97. The predicted octanol–water partition coefficient (Wildman–Crippen LogP) is 3.24. The van der Waals surface area contributed by atoms with E-state index in [2.05, 4.69) is 0 Å². The van der Waals surface area contributed by atoms with Crippen LogP contribution >= 0.6 is 11.6 Å². The Morgan fingerprint density at radius 1 is 0.909 bits per heavy atom. The Labute approximate surface area is 133 Å². The van der Waals surface area contributed by atoms with Crippen LogP contribution in [0.25, 0.3) is 11.1 Å². The Bertz CT molecular complexity index is 862. The molecule has 3 nitrogen and oxygen atoms in total. The molecule has 0 fully saturated rings. The molecule has 0 amide bonds. The molecule has 3 aromatic carbocycles. The van der Waals surface area contributed by atoms with Crippen LogP contribution in [0.3, 0.4) is 0 Å². The molecule has 0 bridgehead atoms. The third kappa shape index (κ3) is 2.55. The predicted molar refractivity (Wildman–Crippen MR) is 90.3 cm³/mol. The molecule has 0 spiro atoms. The van der Waals surface area contributed by atoms with Crippen LogP contribution in [0.4, 0.5) is 5.69 Å². The Hall–Kier alpha value is -2.39. The summed E-state index contributed by atoms with van der Waals surface area (Å²) in [5.74, 6) is 0. The van der Waals surface area contributed by atoms with Crippen molar-refractivity contribution in [2.75, 3.05) is 11.9 Å². The minimum absolute atomic E-state index is 0.427. The Kier molecular flexibility index (Phi) is 3.82. The van der Waals surface area contributed by atoms with Crippen molar-refractivity contribution in [3.8, 4) is 11.1 Å². The molecule has 3 aromatic rings. The molecule has 0 aromatic heterocycles. The number of halogens is 1. The molecule has 0 saturated carbocycles. The smallest absolute Gasteiger partial charge is 0.250 e. The van der Waals surface area contributed by atoms with E-state index in [4.69, 9.17) is 11.6 Å². The zero-order valence-electron chi connectivity index (χ0n) is 12.0. The van der Waals surface area contributed by atoms with E-state index in [1.54, 1.807) is 24.3 Å². The molecule has 0 saturated heterocycles. The van der Waals surface area contributed by atoms with Gasteiger partial charge in [-0.25, -0.2) is 0 Å². The topological polar surface area (TPSA) is 37.4 Å². The second kappa shape index (κ2) is 5.78. The average molecular weight is 312 g/mol. The van der Waals surface area contributed by atoms with Crippen LogP contribution in [-0.2, 0) is 6.54 Å². The average Bonchev–Trinajstić information content (AvgIpc) is 2.53. The summed E-state index contributed by atoms with van der Waals surface area (Å²) >= 11 is 5.87. The molecule has 110 valence electrons. The highest BCUT2D eigenvalue weighted by molar-refractivity contribution is 6.30. The second-order valence-electron chi connectivity index (χ2n) is 5.23. The van der Waals surface area contributed by atoms with Crippen molar-refractivity contribution >= 4 is 17.3 Å². The molecule has 3 rings (SSSR count). The third-order valence-corrected chi connectivity index (χ3v) is 3.91. The summed E-state index contributed by atoms with van der Waals surface area (Å²) in [6.45, 7) is 0.576. The number of anilines is 1. The standard InChI is InChI=1S/C18H14ClNO2/c1-20(11-12-5-3-2-4-6-12)16-15(17(21)18(16)22)13-7-9-14(19)10-8-13/h2-10H,11H2,1H3. The van der Waals surface area contributed by atoms with Gasteiger partial charge >= 0.3 is 0 Å². The van der Waals surface area contributed by atoms with Crippen molar-refractivity contribution in [1.82, 2.24) is 0 Å². The van der Waals surface area contributed by atoms with Crippen LogP contribution in [0.5, 0.6) is 0 Å². The van der Waals surface area contributed by atoms with Crippen LogP contribution in [0.2, 0.25) is 5.02 Å². The molecule has 0 aliphatic rings. The van der Waals surface area contributed by atoms with Gasteiger partial charge in [-0.05, 0) is 23.3 Å². The van der Waals surface area contributed by atoms with Gasteiger partial charge in [-0.15, -0.1) is 0 Å². The summed E-state index contributed by atoms with van der Waals surface area (Å²) in [6, 6.07) is 16.8. The summed E-state index contributed by atoms with van der Waals surface area (Å²) in [5, 5.41) is 0.599. The molecule has 0 aliphatic carbocycles. The molecular weight excluding hydrogens is 298 g/mol. The van der Waals surface area contributed by atoms with E-state index in [-0.39, 0.29) is 0 Å². The Balaban J connectivity index is 1.95. The van der Waals surface area contributed by atoms with E-state index >= 15 is 0 Å². The minimum Gasteiger partial charge on any atom is -0.366 e. The molecule has 0 unspecified atom stereocenters. The first-order chi connectivity index (χ1) is 10.6. The van der Waals surface area contributed by atoms with E-state index < -0.39 is 10.9 Å². The van der Waals surface area contributed by atoms with Crippen molar-refractivity contribution in [3.63, 3.8) is 0 Å².